The molecule has 2 N–H and O–H groups in total. The van der Waals surface area contributed by atoms with Crippen molar-refractivity contribution in [1.82, 2.24) is 0 Å². The predicted molar refractivity (Wildman–Crippen MR) is 96.2 cm³/mol. The fraction of sp³-hybridized carbons (Fsp3) is 0.263. The van der Waals surface area contributed by atoms with Gasteiger partial charge in [-0.1, -0.05) is 0 Å². The highest BCUT2D eigenvalue weighted by molar-refractivity contribution is 5.97. The van der Waals surface area contributed by atoms with E-state index in [1.54, 1.807) is 17.9 Å². The van der Waals surface area contributed by atoms with Crippen molar-refractivity contribution in [2.24, 2.45) is 0 Å². The van der Waals surface area contributed by atoms with Crippen molar-refractivity contribution in [3.05, 3.63) is 53.6 Å². The Kier molecular flexibility index (Phi) is 4.88. The third-order valence-corrected chi connectivity index (χ3v) is 4.32. The summed E-state index contributed by atoms with van der Waals surface area (Å²) in [4.78, 5) is 25.5. The van der Waals surface area contributed by atoms with Crippen molar-refractivity contribution < 1.29 is 18.4 Å². The second-order valence-electron chi connectivity index (χ2n) is 6.24. The monoisotopic (exact) mass is 359 g/mol. The fourth-order valence-corrected chi connectivity index (χ4v) is 2.97. The molecule has 0 saturated heterocycles. The summed E-state index contributed by atoms with van der Waals surface area (Å²) in [5, 5.41) is 5.49. The Morgan fingerprint density at radius 1 is 1.15 bits per heavy atom. The van der Waals surface area contributed by atoms with Gasteiger partial charge in [-0.3, -0.25) is 9.59 Å². The van der Waals surface area contributed by atoms with E-state index in [0.717, 1.165) is 35.5 Å². The average Bonchev–Trinajstić information content (AvgIpc) is 3.00. The first-order valence-corrected chi connectivity index (χ1v) is 8.28. The van der Waals surface area contributed by atoms with Crippen LogP contribution in [0, 0.1) is 11.6 Å². The van der Waals surface area contributed by atoms with Crippen LogP contribution >= 0.6 is 0 Å². The van der Waals surface area contributed by atoms with Crippen LogP contribution in [0.2, 0.25) is 0 Å². The molecule has 0 fully saturated rings. The average molecular weight is 359 g/mol. The third kappa shape index (κ3) is 3.66. The summed E-state index contributed by atoms with van der Waals surface area (Å²) in [6, 6.07) is 7.88. The van der Waals surface area contributed by atoms with E-state index >= 15 is 0 Å². The van der Waals surface area contributed by atoms with Crippen molar-refractivity contribution in [3.63, 3.8) is 0 Å². The highest BCUT2D eigenvalue weighted by Gasteiger charge is 2.23. The Labute approximate surface area is 150 Å². The number of carbonyl (C=O) groups excluding carboxylic acids is 2. The van der Waals surface area contributed by atoms with Gasteiger partial charge >= 0.3 is 0 Å². The van der Waals surface area contributed by atoms with Gasteiger partial charge in [0, 0.05) is 30.9 Å². The molecule has 1 aliphatic heterocycles. The number of nitrogens with one attached hydrogen (secondary N) is 2. The van der Waals surface area contributed by atoms with Crippen LogP contribution in [0.25, 0.3) is 0 Å². The molecule has 0 radical (unpaired) electrons. The van der Waals surface area contributed by atoms with Gasteiger partial charge in [-0.05, 0) is 49.2 Å². The van der Waals surface area contributed by atoms with Gasteiger partial charge in [0.2, 0.25) is 11.8 Å². The van der Waals surface area contributed by atoms with E-state index < -0.39 is 23.6 Å². The highest BCUT2D eigenvalue weighted by atomic mass is 19.1. The van der Waals surface area contributed by atoms with Crippen LogP contribution in [0.15, 0.2) is 36.4 Å². The van der Waals surface area contributed by atoms with E-state index in [1.807, 2.05) is 12.1 Å². The van der Waals surface area contributed by atoms with Gasteiger partial charge in [-0.15, -0.1) is 0 Å². The maximum absolute atomic E-state index is 13.6. The Morgan fingerprint density at radius 3 is 2.62 bits per heavy atom. The predicted octanol–water partition coefficient (Wildman–Crippen LogP) is 3.31. The van der Waals surface area contributed by atoms with Crippen molar-refractivity contribution in [2.75, 3.05) is 22.1 Å². The number of hydrogen-bond acceptors (Lipinski definition) is 3. The number of nitrogens with zero attached hydrogens (tertiary/aromatic N) is 1. The molecular weight excluding hydrogens is 340 g/mol. The van der Waals surface area contributed by atoms with Gasteiger partial charge in [-0.25, -0.2) is 8.78 Å². The van der Waals surface area contributed by atoms with E-state index in [1.165, 1.54) is 13.0 Å². The zero-order valence-corrected chi connectivity index (χ0v) is 14.5. The Bertz CT molecular complexity index is 870. The van der Waals surface area contributed by atoms with Crippen LogP contribution in [0.1, 0.15) is 19.4 Å². The van der Waals surface area contributed by atoms with Gasteiger partial charge < -0.3 is 15.5 Å². The summed E-state index contributed by atoms with van der Waals surface area (Å²) in [6.45, 7) is 3.82. The number of halogens is 2. The minimum atomic E-state index is -0.826. The zero-order chi connectivity index (χ0) is 18.8. The van der Waals surface area contributed by atoms with Crippen LogP contribution in [-0.2, 0) is 16.0 Å². The molecule has 1 heterocycles. The van der Waals surface area contributed by atoms with E-state index in [2.05, 4.69) is 10.6 Å². The lowest BCUT2D eigenvalue weighted by Gasteiger charge is -2.18. The van der Waals surface area contributed by atoms with Crippen LogP contribution in [0.4, 0.5) is 25.8 Å². The topological polar surface area (TPSA) is 61.4 Å². The molecule has 136 valence electrons. The van der Waals surface area contributed by atoms with E-state index in [-0.39, 0.29) is 11.6 Å². The summed E-state index contributed by atoms with van der Waals surface area (Å²) in [6.07, 6.45) is 0.756. The van der Waals surface area contributed by atoms with Crippen molar-refractivity contribution in [1.29, 1.82) is 0 Å². The van der Waals surface area contributed by atoms with Gasteiger partial charge in [0.05, 0.1) is 5.69 Å². The largest absolute Gasteiger partial charge is 0.374 e. The van der Waals surface area contributed by atoms with Crippen molar-refractivity contribution in [2.45, 2.75) is 26.3 Å². The molecule has 0 aromatic heterocycles. The molecule has 7 heteroatoms. The molecule has 26 heavy (non-hydrogen) atoms. The lowest BCUT2D eigenvalue weighted by molar-refractivity contribution is -0.117. The normalized spacial score (nSPS) is 13.9. The minimum absolute atomic E-state index is 0.00136. The third-order valence-electron chi connectivity index (χ3n) is 4.32. The van der Waals surface area contributed by atoms with Crippen LogP contribution in [0.3, 0.4) is 0 Å². The van der Waals surface area contributed by atoms with E-state index in [0.29, 0.717) is 6.54 Å². The zero-order valence-electron chi connectivity index (χ0n) is 14.5. The van der Waals surface area contributed by atoms with Crippen molar-refractivity contribution >= 4 is 28.9 Å². The first-order chi connectivity index (χ1) is 12.3. The second kappa shape index (κ2) is 7.11. The maximum Gasteiger partial charge on any atom is 0.246 e. The van der Waals surface area contributed by atoms with Crippen LogP contribution in [-0.4, -0.2) is 24.4 Å². The molecule has 1 atom stereocenters. The number of anilines is 3. The molecule has 0 unspecified atom stereocenters. The molecule has 2 aromatic rings. The second-order valence-corrected chi connectivity index (χ2v) is 6.24. The Balaban J connectivity index is 1.67. The quantitative estimate of drug-likeness (QED) is 0.880. The summed E-state index contributed by atoms with van der Waals surface area (Å²) >= 11 is 0. The highest BCUT2D eigenvalue weighted by Crippen LogP contribution is 2.30. The Morgan fingerprint density at radius 2 is 1.92 bits per heavy atom. The first kappa shape index (κ1) is 17.8. The van der Waals surface area contributed by atoms with Gasteiger partial charge in [0.1, 0.15) is 17.7 Å². The molecule has 0 bridgehead atoms. The molecular formula is C19H19F2N3O2. The molecule has 5 nitrogen and oxygen atoms in total. The van der Waals surface area contributed by atoms with Crippen LogP contribution in [0.5, 0.6) is 0 Å². The summed E-state index contributed by atoms with van der Waals surface area (Å²) in [5.74, 6) is -1.98. The smallest absolute Gasteiger partial charge is 0.246 e. The first-order valence-electron chi connectivity index (χ1n) is 8.28. The van der Waals surface area contributed by atoms with E-state index in [4.69, 9.17) is 0 Å². The SMILES string of the molecule is CC(=O)N1CCc2cc(N[C@@H](C)C(=O)Nc3ccc(F)cc3F)ccc21. The number of rotatable bonds is 4. The number of amides is 2. The van der Waals surface area contributed by atoms with E-state index in [9.17, 15) is 18.4 Å². The fourth-order valence-electron chi connectivity index (χ4n) is 2.97. The standard InChI is InChI=1S/C19H19F2N3O2/c1-11(19(26)23-17-5-3-14(20)10-16(17)21)22-15-4-6-18-13(9-15)7-8-24(18)12(2)25/h3-6,9-11,22H,7-8H2,1-2H3,(H,23,26)/t11-/m0/s1. The van der Waals surface area contributed by atoms with Crippen molar-refractivity contribution in [3.8, 4) is 0 Å². The lowest BCUT2D eigenvalue weighted by Crippen LogP contribution is -2.32. The maximum atomic E-state index is 13.6. The molecule has 1 aliphatic rings. The number of hydrogen-bond donors (Lipinski definition) is 2. The summed E-state index contributed by atoms with van der Waals surface area (Å²) in [7, 11) is 0. The number of benzene rings is 2. The summed E-state index contributed by atoms with van der Waals surface area (Å²) < 4.78 is 26.6. The number of carbonyl (C=O) groups is 2. The molecule has 0 saturated carbocycles. The molecule has 2 aromatic carbocycles. The van der Waals surface area contributed by atoms with Gasteiger partial charge in [-0.2, -0.15) is 0 Å². The number of fused-ring (bicyclic) bond motifs is 1. The van der Waals surface area contributed by atoms with Crippen LogP contribution < -0.4 is 15.5 Å². The molecule has 0 aliphatic carbocycles. The lowest BCUT2D eigenvalue weighted by atomic mass is 10.1. The summed E-state index contributed by atoms with van der Waals surface area (Å²) in [5.41, 5.74) is 2.57. The minimum Gasteiger partial charge on any atom is -0.374 e. The Hall–Kier alpha value is -2.96. The molecule has 0 spiro atoms. The van der Waals surface area contributed by atoms with Gasteiger partial charge in [0.25, 0.3) is 0 Å². The molecule has 3 rings (SSSR count). The van der Waals surface area contributed by atoms with Gasteiger partial charge in [0.15, 0.2) is 0 Å². The molecule has 2 amide bonds.